The van der Waals surface area contributed by atoms with Crippen LogP contribution in [0, 0.1) is 0 Å². The van der Waals surface area contributed by atoms with Crippen LogP contribution in [0.15, 0.2) is 65.1 Å². The van der Waals surface area contributed by atoms with E-state index in [-0.39, 0.29) is 19.0 Å². The van der Waals surface area contributed by atoms with Gasteiger partial charge in [0.1, 0.15) is 6.61 Å². The van der Waals surface area contributed by atoms with Crippen LogP contribution < -0.4 is 14.8 Å². The summed E-state index contributed by atoms with van der Waals surface area (Å²) < 4.78 is 12.2. The molecule has 0 amide bonds. The summed E-state index contributed by atoms with van der Waals surface area (Å²) in [6.07, 6.45) is -0.566. The standard InChI is InChI=1S/C23H22BrCl2NO3.ClH/c1-29-22-10-15(12-27-13-21(28)16-5-3-2-4-6-16)9-19(24)23(22)30-14-17-7-8-18(25)11-20(17)26;/h2-11,21,27-28H,12-14H2,1H3;1H. The first-order valence-corrected chi connectivity index (χ1v) is 10.9. The maximum atomic E-state index is 10.3. The van der Waals surface area contributed by atoms with Crippen molar-refractivity contribution in [3.05, 3.63) is 91.9 Å². The van der Waals surface area contributed by atoms with E-state index < -0.39 is 6.10 Å². The lowest BCUT2D eigenvalue weighted by atomic mass is 10.1. The highest BCUT2D eigenvalue weighted by Gasteiger charge is 2.14. The Morgan fingerprint density at radius 2 is 1.81 bits per heavy atom. The molecule has 0 aromatic heterocycles. The summed E-state index contributed by atoms with van der Waals surface area (Å²) in [7, 11) is 1.60. The third-order valence-corrected chi connectivity index (χ3v) is 5.70. The third kappa shape index (κ3) is 7.28. The molecule has 0 saturated heterocycles. The van der Waals surface area contributed by atoms with Gasteiger partial charge in [-0.3, -0.25) is 0 Å². The van der Waals surface area contributed by atoms with E-state index in [1.54, 1.807) is 19.2 Å². The van der Waals surface area contributed by atoms with Crippen molar-refractivity contribution in [3.63, 3.8) is 0 Å². The molecule has 3 aromatic rings. The molecule has 0 spiro atoms. The minimum atomic E-state index is -0.566. The predicted octanol–water partition coefficient (Wildman–Crippen LogP) is 6.59. The van der Waals surface area contributed by atoms with Crippen LogP contribution in [0.3, 0.4) is 0 Å². The Labute approximate surface area is 207 Å². The van der Waals surface area contributed by atoms with Crippen molar-refractivity contribution in [3.8, 4) is 11.5 Å². The van der Waals surface area contributed by atoms with Crippen molar-refractivity contribution in [2.45, 2.75) is 19.3 Å². The molecule has 0 fully saturated rings. The van der Waals surface area contributed by atoms with Gasteiger partial charge in [0.15, 0.2) is 11.5 Å². The van der Waals surface area contributed by atoms with E-state index in [2.05, 4.69) is 21.2 Å². The molecule has 0 aliphatic heterocycles. The second kappa shape index (κ2) is 12.5. The van der Waals surface area contributed by atoms with Crippen molar-refractivity contribution < 1.29 is 14.6 Å². The molecule has 0 saturated carbocycles. The molecule has 0 aliphatic rings. The monoisotopic (exact) mass is 545 g/mol. The smallest absolute Gasteiger partial charge is 0.175 e. The number of aliphatic hydroxyl groups is 1. The van der Waals surface area contributed by atoms with E-state index in [0.717, 1.165) is 21.2 Å². The van der Waals surface area contributed by atoms with E-state index in [0.29, 0.717) is 34.6 Å². The molecule has 2 N–H and O–H groups in total. The first kappa shape index (κ1) is 25.8. The number of aliphatic hydroxyl groups excluding tert-OH is 1. The number of nitrogens with one attached hydrogen (secondary N) is 1. The van der Waals surface area contributed by atoms with Crippen LogP contribution in [-0.2, 0) is 13.2 Å². The van der Waals surface area contributed by atoms with Crippen molar-refractivity contribution in [1.29, 1.82) is 0 Å². The van der Waals surface area contributed by atoms with E-state index in [1.165, 1.54) is 0 Å². The van der Waals surface area contributed by atoms with Gasteiger partial charge in [0.25, 0.3) is 0 Å². The number of hydrogen-bond donors (Lipinski definition) is 2. The zero-order valence-electron chi connectivity index (χ0n) is 16.8. The summed E-state index contributed by atoms with van der Waals surface area (Å²) in [5.74, 6) is 1.20. The summed E-state index contributed by atoms with van der Waals surface area (Å²) in [4.78, 5) is 0. The molecule has 0 aliphatic carbocycles. The van der Waals surface area contributed by atoms with Gasteiger partial charge >= 0.3 is 0 Å². The molecule has 3 aromatic carbocycles. The third-order valence-electron chi connectivity index (χ3n) is 4.53. The Morgan fingerprint density at radius 1 is 1.06 bits per heavy atom. The Balaban J connectivity index is 0.00000341. The van der Waals surface area contributed by atoms with Crippen molar-refractivity contribution in [2.75, 3.05) is 13.7 Å². The van der Waals surface area contributed by atoms with Gasteiger partial charge in [0, 0.05) is 28.7 Å². The second-order valence-corrected chi connectivity index (χ2v) is 8.39. The molecule has 166 valence electrons. The Morgan fingerprint density at radius 3 is 2.48 bits per heavy atom. The summed E-state index contributed by atoms with van der Waals surface area (Å²) in [5, 5.41) is 14.7. The van der Waals surface area contributed by atoms with Crippen LogP contribution >= 0.6 is 51.5 Å². The molecule has 0 radical (unpaired) electrons. The minimum Gasteiger partial charge on any atom is -0.493 e. The van der Waals surface area contributed by atoms with Crippen molar-refractivity contribution in [2.24, 2.45) is 0 Å². The van der Waals surface area contributed by atoms with Gasteiger partial charge in [-0.25, -0.2) is 0 Å². The molecule has 0 heterocycles. The first-order valence-electron chi connectivity index (χ1n) is 9.34. The number of ether oxygens (including phenoxy) is 2. The van der Waals surface area contributed by atoms with Gasteiger partial charge in [0.2, 0.25) is 0 Å². The fourth-order valence-corrected chi connectivity index (χ4v) is 4.02. The zero-order valence-corrected chi connectivity index (χ0v) is 20.7. The normalized spacial score (nSPS) is 11.5. The van der Waals surface area contributed by atoms with Crippen LogP contribution in [0.2, 0.25) is 10.0 Å². The molecular formula is C23H23BrCl3NO3. The van der Waals surface area contributed by atoms with Gasteiger partial charge in [0.05, 0.1) is 17.7 Å². The zero-order chi connectivity index (χ0) is 21.5. The molecule has 3 rings (SSSR count). The lowest BCUT2D eigenvalue weighted by Gasteiger charge is -2.16. The highest BCUT2D eigenvalue weighted by atomic mass is 79.9. The number of methoxy groups -OCH3 is 1. The lowest BCUT2D eigenvalue weighted by molar-refractivity contribution is 0.174. The van der Waals surface area contributed by atoms with E-state index in [9.17, 15) is 5.11 Å². The topological polar surface area (TPSA) is 50.7 Å². The van der Waals surface area contributed by atoms with Gasteiger partial charge in [-0.1, -0.05) is 59.6 Å². The first-order chi connectivity index (χ1) is 14.5. The van der Waals surface area contributed by atoms with Gasteiger partial charge in [-0.05, 0) is 51.3 Å². The second-order valence-electron chi connectivity index (χ2n) is 6.69. The number of hydrogen-bond acceptors (Lipinski definition) is 4. The van der Waals surface area contributed by atoms with Crippen LogP contribution in [0.25, 0.3) is 0 Å². The van der Waals surface area contributed by atoms with Gasteiger partial charge in [-0.15, -0.1) is 12.4 Å². The molecule has 0 bridgehead atoms. The van der Waals surface area contributed by atoms with Crippen LogP contribution in [0.5, 0.6) is 11.5 Å². The maximum absolute atomic E-state index is 10.3. The molecule has 1 atom stereocenters. The summed E-state index contributed by atoms with van der Waals surface area (Å²) >= 11 is 15.7. The van der Waals surface area contributed by atoms with Gasteiger partial charge in [-0.2, -0.15) is 0 Å². The molecule has 4 nitrogen and oxygen atoms in total. The average Bonchev–Trinajstić information content (AvgIpc) is 2.74. The molecule has 31 heavy (non-hydrogen) atoms. The van der Waals surface area contributed by atoms with Crippen LogP contribution in [0.1, 0.15) is 22.8 Å². The van der Waals surface area contributed by atoms with Crippen LogP contribution in [0.4, 0.5) is 0 Å². The van der Waals surface area contributed by atoms with E-state index >= 15 is 0 Å². The fourth-order valence-electron chi connectivity index (χ4n) is 2.95. The van der Waals surface area contributed by atoms with Crippen LogP contribution in [-0.4, -0.2) is 18.8 Å². The minimum absolute atomic E-state index is 0. The summed E-state index contributed by atoms with van der Waals surface area (Å²) in [6.45, 7) is 1.30. The predicted molar refractivity (Wildman–Crippen MR) is 132 cm³/mol. The average molecular weight is 548 g/mol. The molecule has 1 unspecified atom stereocenters. The molecule has 8 heteroatoms. The number of halogens is 4. The Bertz CT molecular complexity index is 989. The van der Waals surface area contributed by atoms with Gasteiger partial charge < -0.3 is 19.9 Å². The summed E-state index contributed by atoms with van der Waals surface area (Å²) in [6, 6.07) is 18.7. The Kier molecular flexibility index (Phi) is 10.4. The lowest BCUT2D eigenvalue weighted by Crippen LogP contribution is -2.21. The van der Waals surface area contributed by atoms with Crippen molar-refractivity contribution in [1.82, 2.24) is 5.32 Å². The van der Waals surface area contributed by atoms with E-state index in [4.69, 9.17) is 32.7 Å². The van der Waals surface area contributed by atoms with Crippen molar-refractivity contribution >= 4 is 51.5 Å². The SMILES string of the molecule is COc1cc(CNCC(O)c2ccccc2)cc(Br)c1OCc1ccc(Cl)cc1Cl.Cl. The number of benzene rings is 3. The fraction of sp³-hybridized carbons (Fsp3) is 0.217. The highest BCUT2D eigenvalue weighted by molar-refractivity contribution is 9.10. The highest BCUT2D eigenvalue weighted by Crippen LogP contribution is 2.37. The summed E-state index contributed by atoms with van der Waals surface area (Å²) in [5.41, 5.74) is 2.71. The van der Waals surface area contributed by atoms with E-state index in [1.807, 2.05) is 48.5 Å². The maximum Gasteiger partial charge on any atom is 0.175 e. The Hall–Kier alpha value is -1.47. The quantitative estimate of drug-likeness (QED) is 0.317. The number of rotatable bonds is 9. The molecular weight excluding hydrogens is 525 g/mol. The largest absolute Gasteiger partial charge is 0.493 e.